The summed E-state index contributed by atoms with van der Waals surface area (Å²) in [5.74, 6) is -7.12. The molecule has 10 N–H and O–H groups in total. The molecule has 0 saturated carbocycles. The molecular formula is C12H20CaO14. The Hall–Kier alpha value is -0.780. The molecule has 6 unspecified atom stereocenters. The van der Waals surface area contributed by atoms with Crippen LogP contribution in [0.5, 0.6) is 0 Å². The third kappa shape index (κ3) is 11.0. The number of carboxylic acid groups (broad SMARTS) is 2. The molecule has 0 saturated heterocycles. The van der Waals surface area contributed by atoms with Crippen LogP contribution in [0.15, 0.2) is 0 Å². The number of aliphatic hydroxyl groups excluding tert-OH is 8. The number of carboxylic acids is 2. The Labute approximate surface area is 180 Å². The van der Waals surface area contributed by atoms with E-state index in [1.807, 2.05) is 0 Å². The van der Waals surface area contributed by atoms with E-state index in [4.69, 9.17) is 51.1 Å². The van der Waals surface area contributed by atoms with Gasteiger partial charge in [0.1, 0.15) is 24.4 Å². The van der Waals surface area contributed by atoms with Gasteiger partial charge in [0.25, 0.3) is 11.6 Å². The summed E-state index contributed by atoms with van der Waals surface area (Å²) < 4.78 is 0. The van der Waals surface area contributed by atoms with Crippen molar-refractivity contribution >= 4 is 61.2 Å². The van der Waals surface area contributed by atoms with Crippen molar-refractivity contribution in [2.24, 2.45) is 0 Å². The smallest absolute Gasteiger partial charge is 0.375 e. The minimum absolute atomic E-state index is 0. The van der Waals surface area contributed by atoms with Crippen molar-refractivity contribution in [2.45, 2.75) is 36.6 Å². The summed E-state index contributed by atoms with van der Waals surface area (Å²) in [6.45, 7) is -1.77. The predicted molar refractivity (Wildman–Crippen MR) is 81.3 cm³/mol. The van der Waals surface area contributed by atoms with Gasteiger partial charge in [-0.25, -0.2) is 9.59 Å². The molecule has 2 radical (unpaired) electrons. The van der Waals surface area contributed by atoms with Crippen LogP contribution < -0.4 is 0 Å². The average Bonchev–Trinajstić information content (AvgIpc) is 2.62. The fraction of sp³-hybridized carbons (Fsp3) is 0.667. The minimum Gasteiger partial charge on any atom is -0.475 e. The summed E-state index contributed by atoms with van der Waals surface area (Å²) in [6.07, 6.45) is -12.0. The average molecular weight is 428 g/mol. The van der Waals surface area contributed by atoms with E-state index in [0.29, 0.717) is 0 Å². The molecule has 6 atom stereocenters. The summed E-state index contributed by atoms with van der Waals surface area (Å²) in [7, 11) is 0. The van der Waals surface area contributed by atoms with Crippen molar-refractivity contribution in [3.63, 3.8) is 0 Å². The van der Waals surface area contributed by atoms with Gasteiger partial charge in [0.05, 0.1) is 13.2 Å². The van der Waals surface area contributed by atoms with Gasteiger partial charge in [-0.3, -0.25) is 9.59 Å². The molecular weight excluding hydrogens is 408 g/mol. The van der Waals surface area contributed by atoms with Crippen molar-refractivity contribution in [3.05, 3.63) is 0 Å². The van der Waals surface area contributed by atoms with Crippen molar-refractivity contribution in [3.8, 4) is 0 Å². The molecule has 154 valence electrons. The third-order valence-electron chi connectivity index (χ3n) is 2.77. The molecule has 15 heteroatoms. The van der Waals surface area contributed by atoms with E-state index in [9.17, 15) is 19.2 Å². The van der Waals surface area contributed by atoms with Gasteiger partial charge in [-0.05, 0) is 0 Å². The molecule has 0 aromatic carbocycles. The van der Waals surface area contributed by atoms with E-state index >= 15 is 0 Å². The fourth-order valence-corrected chi connectivity index (χ4v) is 1.20. The summed E-state index contributed by atoms with van der Waals surface area (Å²) in [5, 5.41) is 85.6. The molecule has 0 heterocycles. The van der Waals surface area contributed by atoms with Crippen LogP contribution in [0.25, 0.3) is 0 Å². The second kappa shape index (κ2) is 15.2. The summed E-state index contributed by atoms with van der Waals surface area (Å²) >= 11 is 0. The number of ketones is 2. The molecule has 0 aliphatic rings. The molecule has 0 amide bonds. The first-order valence-corrected chi connectivity index (χ1v) is 6.67. The van der Waals surface area contributed by atoms with Gasteiger partial charge in [-0.2, -0.15) is 0 Å². The number of hydrogen-bond acceptors (Lipinski definition) is 12. The van der Waals surface area contributed by atoms with Crippen LogP contribution in [0, 0.1) is 0 Å². The Morgan fingerprint density at radius 3 is 0.963 bits per heavy atom. The first-order valence-electron chi connectivity index (χ1n) is 6.67. The Morgan fingerprint density at radius 2 is 0.815 bits per heavy atom. The van der Waals surface area contributed by atoms with Crippen LogP contribution in [-0.2, 0) is 19.2 Å². The number of carbonyl (C=O) groups excluding carboxylic acids is 2. The van der Waals surface area contributed by atoms with Crippen LogP contribution in [0.1, 0.15) is 0 Å². The molecule has 27 heavy (non-hydrogen) atoms. The van der Waals surface area contributed by atoms with Crippen molar-refractivity contribution in [2.75, 3.05) is 13.2 Å². The van der Waals surface area contributed by atoms with Crippen LogP contribution in [0.4, 0.5) is 0 Å². The van der Waals surface area contributed by atoms with E-state index in [1.165, 1.54) is 0 Å². The Morgan fingerprint density at radius 1 is 0.593 bits per heavy atom. The van der Waals surface area contributed by atoms with E-state index in [-0.39, 0.29) is 37.7 Å². The van der Waals surface area contributed by atoms with Crippen molar-refractivity contribution < 1.29 is 70.2 Å². The second-order valence-corrected chi connectivity index (χ2v) is 4.71. The molecule has 0 fully saturated rings. The quantitative estimate of drug-likeness (QED) is 0.114. The van der Waals surface area contributed by atoms with Gasteiger partial charge in [0.2, 0.25) is 0 Å². The van der Waals surface area contributed by atoms with Gasteiger partial charge in [-0.15, -0.1) is 0 Å². The van der Waals surface area contributed by atoms with Crippen LogP contribution in [0.3, 0.4) is 0 Å². The maximum Gasteiger partial charge on any atom is 0.375 e. The standard InChI is InChI=1S/2C6H10O7.Ca/c2*7-1-2(8)3(9)4(10)5(11)6(12)13;/h2*2-4,7-10H,1H2,(H,12,13);. The molecule has 0 spiro atoms. The zero-order chi connectivity index (χ0) is 21.2. The molecule has 0 aromatic heterocycles. The Bertz CT molecular complexity index is 452. The van der Waals surface area contributed by atoms with Crippen LogP contribution in [0.2, 0.25) is 0 Å². The van der Waals surface area contributed by atoms with Crippen molar-refractivity contribution in [1.29, 1.82) is 0 Å². The number of aliphatic carboxylic acids is 2. The molecule has 0 bridgehead atoms. The molecule has 0 aliphatic carbocycles. The Balaban J connectivity index is -0.000000411. The second-order valence-electron chi connectivity index (χ2n) is 4.71. The largest absolute Gasteiger partial charge is 0.475 e. The maximum atomic E-state index is 10.5. The minimum atomic E-state index is -2.24. The van der Waals surface area contributed by atoms with E-state index in [1.54, 1.807) is 0 Å². The number of Topliss-reactive ketones (excluding diaryl/α,β-unsaturated/α-hetero) is 2. The number of carbonyl (C=O) groups is 4. The third-order valence-corrected chi connectivity index (χ3v) is 2.77. The number of hydrogen-bond donors (Lipinski definition) is 10. The first kappa shape index (κ1) is 30.9. The number of aliphatic hydroxyl groups is 8. The summed E-state index contributed by atoms with van der Waals surface area (Å²) in [6, 6.07) is 0. The topological polar surface area (TPSA) is 271 Å². The zero-order valence-electron chi connectivity index (χ0n) is 13.7. The maximum absolute atomic E-state index is 10.5. The monoisotopic (exact) mass is 428 g/mol. The van der Waals surface area contributed by atoms with E-state index in [2.05, 4.69) is 0 Å². The first-order chi connectivity index (χ1) is 11.8. The normalized spacial score (nSPS) is 16.9. The van der Waals surface area contributed by atoms with Crippen molar-refractivity contribution in [1.82, 2.24) is 0 Å². The predicted octanol–water partition coefficient (Wildman–Crippen LogP) is -6.95. The van der Waals surface area contributed by atoms with Gasteiger partial charge in [-0.1, -0.05) is 0 Å². The van der Waals surface area contributed by atoms with Crippen LogP contribution in [-0.4, -0.2) is 162 Å². The fourth-order valence-electron chi connectivity index (χ4n) is 1.20. The van der Waals surface area contributed by atoms with Gasteiger partial charge in [0, 0.05) is 37.7 Å². The van der Waals surface area contributed by atoms with E-state index in [0.717, 1.165) is 0 Å². The molecule has 0 aromatic rings. The van der Waals surface area contributed by atoms with Gasteiger partial charge in [0.15, 0.2) is 12.2 Å². The van der Waals surface area contributed by atoms with E-state index < -0.39 is 73.3 Å². The molecule has 0 aliphatic heterocycles. The van der Waals surface area contributed by atoms with Crippen LogP contribution >= 0.6 is 0 Å². The number of rotatable bonds is 10. The summed E-state index contributed by atoms with van der Waals surface area (Å²) in [4.78, 5) is 41.0. The van der Waals surface area contributed by atoms with Gasteiger partial charge < -0.3 is 51.1 Å². The zero-order valence-corrected chi connectivity index (χ0v) is 15.9. The summed E-state index contributed by atoms with van der Waals surface area (Å²) in [5.41, 5.74) is 0. The van der Waals surface area contributed by atoms with Gasteiger partial charge >= 0.3 is 11.9 Å². The molecule has 0 rings (SSSR count). The SMILES string of the molecule is O=C(O)C(=O)C(O)C(O)C(O)CO.O=C(O)C(=O)C(O)C(O)C(O)CO.[Ca]. The molecule has 14 nitrogen and oxygen atoms in total. The Kier molecular flexibility index (Phi) is 17.4.